The summed E-state index contributed by atoms with van der Waals surface area (Å²) in [5.74, 6) is 0.228. The molecule has 3 nitrogen and oxygen atoms in total. The van der Waals surface area contributed by atoms with Crippen LogP contribution in [0.4, 0.5) is 0 Å². The van der Waals surface area contributed by atoms with Crippen molar-refractivity contribution in [2.24, 2.45) is 0 Å². The van der Waals surface area contributed by atoms with Crippen LogP contribution in [0, 0.1) is 0 Å². The number of hydrogen-bond donors (Lipinski definition) is 0. The van der Waals surface area contributed by atoms with Crippen LogP contribution >= 0.6 is 11.3 Å². The summed E-state index contributed by atoms with van der Waals surface area (Å²) in [5.41, 5.74) is 0.547. The molecule has 0 amide bonds. The molecule has 0 spiro atoms. The van der Waals surface area contributed by atoms with Gasteiger partial charge >= 0.3 is 0 Å². The number of carbonyl (C=O) groups excluding carboxylic acids is 1. The van der Waals surface area contributed by atoms with E-state index in [1.54, 1.807) is 11.3 Å². The first-order valence-electron chi connectivity index (χ1n) is 7.42. The molecule has 104 valence electrons. The Balaban J connectivity index is 1.96. The molecule has 0 atom stereocenters. The number of carbonyl (C=O) groups is 1. The van der Waals surface area contributed by atoms with E-state index in [1.807, 2.05) is 0 Å². The molecular formula is C15H21NO2S. The van der Waals surface area contributed by atoms with Crippen molar-refractivity contribution in [3.8, 4) is 0 Å². The third-order valence-corrected chi connectivity index (χ3v) is 5.54. The average molecular weight is 279 g/mol. The molecule has 2 aliphatic carbocycles. The molecule has 1 aromatic rings. The lowest BCUT2D eigenvalue weighted by atomic mass is 9.85. The Kier molecular flexibility index (Phi) is 3.72. The molecule has 0 unspecified atom stereocenters. The number of fused-ring (bicyclic) bond motifs is 1. The van der Waals surface area contributed by atoms with Crippen LogP contribution < -0.4 is 0 Å². The first-order chi connectivity index (χ1) is 9.25. The number of ether oxygens (including phenoxy) is 1. The summed E-state index contributed by atoms with van der Waals surface area (Å²) in [7, 11) is 0. The van der Waals surface area contributed by atoms with E-state index in [1.165, 1.54) is 24.1 Å². The van der Waals surface area contributed by atoms with E-state index in [4.69, 9.17) is 9.72 Å². The van der Waals surface area contributed by atoms with Gasteiger partial charge in [0.15, 0.2) is 5.78 Å². The zero-order chi connectivity index (χ0) is 13.3. The van der Waals surface area contributed by atoms with Gasteiger partial charge in [-0.2, -0.15) is 0 Å². The highest BCUT2D eigenvalue weighted by Gasteiger charge is 2.39. The van der Waals surface area contributed by atoms with Crippen molar-refractivity contribution in [1.29, 1.82) is 0 Å². The van der Waals surface area contributed by atoms with Gasteiger partial charge in [0.05, 0.1) is 0 Å². The van der Waals surface area contributed by atoms with Crippen molar-refractivity contribution in [3.63, 3.8) is 0 Å². The van der Waals surface area contributed by atoms with E-state index < -0.39 is 0 Å². The van der Waals surface area contributed by atoms with Crippen molar-refractivity contribution >= 4 is 17.1 Å². The predicted molar refractivity (Wildman–Crippen MR) is 75.8 cm³/mol. The van der Waals surface area contributed by atoms with Gasteiger partial charge in [-0.25, -0.2) is 4.98 Å². The molecule has 1 aromatic heterocycles. The van der Waals surface area contributed by atoms with E-state index in [9.17, 15) is 4.79 Å². The second-order valence-electron chi connectivity index (χ2n) is 5.56. The molecule has 3 rings (SSSR count). The molecule has 2 aliphatic rings. The lowest BCUT2D eigenvalue weighted by molar-refractivity contribution is -0.0704. The van der Waals surface area contributed by atoms with Crippen molar-refractivity contribution in [3.05, 3.63) is 15.6 Å². The smallest absolute Gasteiger partial charge is 0.182 e. The van der Waals surface area contributed by atoms with Gasteiger partial charge in [0.2, 0.25) is 0 Å². The van der Waals surface area contributed by atoms with E-state index in [-0.39, 0.29) is 11.4 Å². The molecule has 0 saturated heterocycles. The van der Waals surface area contributed by atoms with Gasteiger partial charge in [-0.1, -0.05) is 19.3 Å². The van der Waals surface area contributed by atoms with Gasteiger partial charge < -0.3 is 4.74 Å². The zero-order valence-corrected chi connectivity index (χ0v) is 12.4. The summed E-state index contributed by atoms with van der Waals surface area (Å²) < 4.78 is 6.11. The number of aromatic nitrogens is 1. The fourth-order valence-corrected chi connectivity index (χ4v) is 4.60. The van der Waals surface area contributed by atoms with Gasteiger partial charge in [-0.15, -0.1) is 11.3 Å². The van der Waals surface area contributed by atoms with Gasteiger partial charge in [-0.3, -0.25) is 4.79 Å². The summed E-state index contributed by atoms with van der Waals surface area (Å²) in [5, 5.41) is 1.06. The molecule has 0 bridgehead atoms. The van der Waals surface area contributed by atoms with E-state index in [0.29, 0.717) is 6.42 Å². The highest BCUT2D eigenvalue weighted by Crippen LogP contribution is 2.43. The molecule has 0 N–H and O–H groups in total. The minimum Gasteiger partial charge on any atom is -0.368 e. The molecule has 1 fully saturated rings. The number of Topliss-reactive ketones (excluding diaryl/α,β-unsaturated/α-hetero) is 1. The summed E-state index contributed by atoms with van der Waals surface area (Å²) in [6.45, 7) is 2.77. The minimum atomic E-state index is -0.199. The fraction of sp³-hybridized carbons (Fsp3) is 0.733. The topological polar surface area (TPSA) is 39.2 Å². The summed E-state index contributed by atoms with van der Waals surface area (Å²) in [6.07, 6.45) is 8.48. The summed E-state index contributed by atoms with van der Waals surface area (Å²) in [6, 6.07) is 0. The SMILES string of the molecule is CCOC1(c2nc3c(s2)CCCC3=O)CCCCC1. The quantitative estimate of drug-likeness (QED) is 0.843. The second kappa shape index (κ2) is 5.33. The average Bonchev–Trinajstić information content (AvgIpc) is 2.86. The molecule has 19 heavy (non-hydrogen) atoms. The first-order valence-corrected chi connectivity index (χ1v) is 8.24. The van der Waals surface area contributed by atoms with Gasteiger partial charge in [-0.05, 0) is 32.6 Å². The number of hydrogen-bond acceptors (Lipinski definition) is 4. The maximum Gasteiger partial charge on any atom is 0.182 e. The van der Waals surface area contributed by atoms with Crippen LogP contribution in [0.3, 0.4) is 0 Å². The Morgan fingerprint density at radius 1 is 1.21 bits per heavy atom. The third kappa shape index (κ3) is 2.36. The Bertz CT molecular complexity index is 469. The molecular weight excluding hydrogens is 258 g/mol. The number of aryl methyl sites for hydroxylation is 1. The normalized spacial score (nSPS) is 22.3. The van der Waals surface area contributed by atoms with Crippen LogP contribution in [0.15, 0.2) is 0 Å². The second-order valence-corrected chi connectivity index (χ2v) is 6.64. The molecule has 0 aliphatic heterocycles. The highest BCUT2D eigenvalue weighted by molar-refractivity contribution is 7.12. The van der Waals surface area contributed by atoms with Gasteiger partial charge in [0.1, 0.15) is 16.3 Å². The number of thiazole rings is 1. The standard InChI is InChI=1S/C15H21NO2S/c1-2-18-15(9-4-3-5-10-15)14-16-13-11(17)7-6-8-12(13)19-14/h2-10H2,1H3. The van der Waals surface area contributed by atoms with Crippen molar-refractivity contribution in [2.45, 2.75) is 63.9 Å². The van der Waals surface area contributed by atoms with Gasteiger partial charge in [0, 0.05) is 17.9 Å². The Morgan fingerprint density at radius 3 is 2.68 bits per heavy atom. The van der Waals surface area contributed by atoms with Crippen LogP contribution in [0.2, 0.25) is 0 Å². The van der Waals surface area contributed by atoms with Crippen molar-refractivity contribution in [1.82, 2.24) is 4.98 Å². The van der Waals surface area contributed by atoms with Crippen LogP contribution in [-0.4, -0.2) is 17.4 Å². The molecule has 0 aromatic carbocycles. The maximum atomic E-state index is 11.9. The van der Waals surface area contributed by atoms with Crippen LogP contribution in [0.1, 0.15) is 72.2 Å². The summed E-state index contributed by atoms with van der Waals surface area (Å²) in [4.78, 5) is 17.8. The Labute approximate surface area is 118 Å². The lowest BCUT2D eigenvalue weighted by Gasteiger charge is -2.35. The molecule has 1 saturated carbocycles. The third-order valence-electron chi connectivity index (χ3n) is 4.24. The van der Waals surface area contributed by atoms with Crippen molar-refractivity contribution < 1.29 is 9.53 Å². The highest BCUT2D eigenvalue weighted by atomic mass is 32.1. The molecule has 1 heterocycles. The zero-order valence-electron chi connectivity index (χ0n) is 11.5. The van der Waals surface area contributed by atoms with Gasteiger partial charge in [0.25, 0.3) is 0 Å². The Hall–Kier alpha value is -0.740. The predicted octanol–water partition coefficient (Wildman–Crippen LogP) is 3.86. The van der Waals surface area contributed by atoms with Crippen LogP contribution in [-0.2, 0) is 16.8 Å². The number of ketones is 1. The monoisotopic (exact) mass is 279 g/mol. The van der Waals surface area contributed by atoms with E-state index >= 15 is 0 Å². The van der Waals surface area contributed by atoms with Crippen molar-refractivity contribution in [2.75, 3.05) is 6.61 Å². The summed E-state index contributed by atoms with van der Waals surface area (Å²) >= 11 is 1.73. The largest absolute Gasteiger partial charge is 0.368 e. The Morgan fingerprint density at radius 2 is 2.00 bits per heavy atom. The van der Waals surface area contributed by atoms with E-state index in [2.05, 4.69) is 6.92 Å². The fourth-order valence-electron chi connectivity index (χ4n) is 3.28. The lowest BCUT2D eigenvalue weighted by Crippen LogP contribution is -2.32. The van der Waals surface area contributed by atoms with Crippen LogP contribution in [0.25, 0.3) is 0 Å². The van der Waals surface area contributed by atoms with Crippen LogP contribution in [0.5, 0.6) is 0 Å². The number of nitrogens with zero attached hydrogens (tertiary/aromatic N) is 1. The number of rotatable bonds is 3. The molecule has 4 heteroatoms. The first kappa shape index (κ1) is 13.3. The van der Waals surface area contributed by atoms with E-state index in [0.717, 1.165) is 43.0 Å². The minimum absolute atomic E-state index is 0.199. The molecule has 0 radical (unpaired) electrons. The maximum absolute atomic E-state index is 11.9.